The first-order valence-electron chi connectivity index (χ1n) is 19.3. The van der Waals surface area contributed by atoms with Gasteiger partial charge in [-0.05, 0) is 36.3 Å². The summed E-state index contributed by atoms with van der Waals surface area (Å²) in [6.07, 6.45) is 30.7. The fourth-order valence-corrected chi connectivity index (χ4v) is 18.7. The van der Waals surface area contributed by atoms with E-state index in [0.717, 1.165) is 0 Å². The predicted molar refractivity (Wildman–Crippen MR) is 195 cm³/mol. The van der Waals surface area contributed by atoms with Crippen LogP contribution in [0.5, 0.6) is 0 Å². The minimum atomic E-state index is -2.13. The van der Waals surface area contributed by atoms with Crippen molar-refractivity contribution < 1.29 is 13.0 Å². The lowest BCUT2D eigenvalue weighted by molar-refractivity contribution is 0.390. The molecule has 6 heteroatoms. The van der Waals surface area contributed by atoms with E-state index in [1.165, 1.54) is 190 Å². The Balaban J connectivity index is 5.94. The van der Waals surface area contributed by atoms with Crippen LogP contribution < -0.4 is 0 Å². The normalized spacial score (nSPS) is 12.3. The van der Waals surface area contributed by atoms with E-state index >= 15 is 0 Å². The molecular formula is C36H78O3PSi2+. The lowest BCUT2D eigenvalue weighted by atomic mass is 10.2. The number of hydrogen-bond acceptors (Lipinski definition) is 3. The van der Waals surface area contributed by atoms with Gasteiger partial charge in [0.15, 0.2) is 0 Å². The third-order valence-corrected chi connectivity index (χ3v) is 21.3. The van der Waals surface area contributed by atoms with Crippen LogP contribution in [0.15, 0.2) is 0 Å². The van der Waals surface area contributed by atoms with E-state index in [1.54, 1.807) is 0 Å². The fourth-order valence-electron chi connectivity index (χ4n) is 6.60. The Morgan fingerprint density at radius 3 is 0.690 bits per heavy atom. The number of rotatable bonds is 34. The van der Waals surface area contributed by atoms with Crippen molar-refractivity contribution in [2.24, 2.45) is 0 Å². The van der Waals surface area contributed by atoms with Crippen molar-refractivity contribution in [3.63, 3.8) is 0 Å². The van der Waals surface area contributed by atoms with Crippen LogP contribution in [0.1, 0.15) is 196 Å². The maximum atomic E-state index is 14.2. The van der Waals surface area contributed by atoms with Crippen LogP contribution in [0.2, 0.25) is 36.3 Å². The summed E-state index contributed by atoms with van der Waals surface area (Å²) >= 11 is 0. The molecule has 0 aliphatic rings. The van der Waals surface area contributed by atoms with E-state index in [-0.39, 0.29) is 0 Å². The second-order valence-electron chi connectivity index (χ2n) is 13.6. The van der Waals surface area contributed by atoms with Gasteiger partial charge in [-0.15, -0.1) is 0 Å². The van der Waals surface area contributed by atoms with Crippen molar-refractivity contribution in [2.75, 3.05) is 0 Å². The summed E-state index contributed by atoms with van der Waals surface area (Å²) < 4.78 is 28.1. The maximum Gasteiger partial charge on any atom is 0.673 e. The molecule has 3 nitrogen and oxygen atoms in total. The van der Waals surface area contributed by atoms with Gasteiger partial charge in [0, 0.05) is 4.57 Å². The van der Waals surface area contributed by atoms with Crippen LogP contribution in [0.4, 0.5) is 0 Å². The first kappa shape index (κ1) is 42.5. The van der Waals surface area contributed by atoms with Crippen LogP contribution in [0, 0.1) is 0 Å². The molecule has 0 spiro atoms. The number of unbranched alkanes of at least 4 members (excludes halogenated alkanes) is 18. The Morgan fingerprint density at radius 2 is 0.524 bits per heavy atom. The van der Waals surface area contributed by atoms with Crippen molar-refractivity contribution >= 4 is 24.9 Å². The summed E-state index contributed by atoms with van der Waals surface area (Å²) in [5.41, 5.74) is 0. The van der Waals surface area contributed by atoms with Crippen LogP contribution in [-0.4, -0.2) is 16.6 Å². The van der Waals surface area contributed by atoms with Gasteiger partial charge in [0.2, 0.25) is 0 Å². The van der Waals surface area contributed by atoms with E-state index in [9.17, 15) is 4.57 Å². The molecule has 0 bridgehead atoms. The molecule has 0 N–H and O–H groups in total. The monoisotopic (exact) mass is 646 g/mol. The highest BCUT2D eigenvalue weighted by atomic mass is 31.1. The third-order valence-electron chi connectivity index (χ3n) is 9.45. The largest absolute Gasteiger partial charge is 0.673 e. The minimum absolute atomic E-state index is 1.19. The molecule has 0 fully saturated rings. The molecule has 0 amide bonds. The molecule has 0 aliphatic heterocycles. The average molecular weight is 646 g/mol. The molecule has 0 saturated heterocycles. The summed E-state index contributed by atoms with van der Waals surface area (Å²) in [5, 5.41) is 0. The van der Waals surface area contributed by atoms with Crippen molar-refractivity contribution in [3.05, 3.63) is 0 Å². The maximum absolute atomic E-state index is 14.2. The highest BCUT2D eigenvalue weighted by Crippen LogP contribution is 2.45. The van der Waals surface area contributed by atoms with Gasteiger partial charge < -0.3 is 0 Å². The van der Waals surface area contributed by atoms with E-state index < -0.39 is 24.9 Å². The average Bonchev–Trinajstić information content (AvgIpc) is 2.98. The first-order chi connectivity index (χ1) is 20.5. The molecule has 0 rings (SSSR count). The SMILES string of the molecule is CCCCCC[Si](CCCCCC)(CCCCCC)O[P+](=O)O[Si](CCCCCC)(CCCCCC)CCCCCC. The number of hydrogen-bond donors (Lipinski definition) is 0. The van der Waals surface area contributed by atoms with E-state index in [4.69, 9.17) is 8.43 Å². The molecular weight excluding hydrogens is 568 g/mol. The van der Waals surface area contributed by atoms with Gasteiger partial charge in [0.25, 0.3) is 16.6 Å². The molecule has 0 unspecified atom stereocenters. The fraction of sp³-hybridized carbons (Fsp3) is 1.00. The lowest BCUT2D eigenvalue weighted by Crippen LogP contribution is -2.39. The van der Waals surface area contributed by atoms with Gasteiger partial charge in [0.1, 0.15) is 0 Å². The third kappa shape index (κ3) is 22.9. The highest BCUT2D eigenvalue weighted by molar-refractivity contribution is 7.38. The molecule has 0 atom stereocenters. The molecule has 42 heavy (non-hydrogen) atoms. The molecule has 252 valence electrons. The summed E-state index contributed by atoms with van der Waals surface area (Å²) in [7, 11) is -6.28. The molecule has 0 radical (unpaired) electrons. The van der Waals surface area contributed by atoms with E-state index in [1.807, 2.05) is 0 Å². The minimum Gasteiger partial charge on any atom is -0.176 e. The van der Waals surface area contributed by atoms with Gasteiger partial charge in [-0.3, -0.25) is 0 Å². The Kier molecular flexibility index (Phi) is 30.5. The van der Waals surface area contributed by atoms with Crippen LogP contribution in [0.25, 0.3) is 0 Å². The Bertz CT molecular complexity index is 479. The molecule has 0 aromatic heterocycles. The zero-order valence-electron chi connectivity index (χ0n) is 29.9. The molecule has 0 saturated carbocycles. The van der Waals surface area contributed by atoms with Crippen LogP contribution in [0.3, 0.4) is 0 Å². The van der Waals surface area contributed by atoms with Crippen LogP contribution >= 0.6 is 8.25 Å². The van der Waals surface area contributed by atoms with Crippen molar-refractivity contribution in [1.82, 2.24) is 0 Å². The van der Waals surface area contributed by atoms with Gasteiger partial charge in [-0.25, -0.2) is 0 Å². The van der Waals surface area contributed by atoms with Gasteiger partial charge in [-0.2, -0.15) is 8.43 Å². The van der Waals surface area contributed by atoms with Gasteiger partial charge >= 0.3 is 8.25 Å². The van der Waals surface area contributed by atoms with Crippen molar-refractivity contribution in [3.8, 4) is 0 Å². The first-order valence-corrected chi connectivity index (χ1v) is 25.5. The topological polar surface area (TPSA) is 35.5 Å². The van der Waals surface area contributed by atoms with E-state index in [2.05, 4.69) is 41.5 Å². The summed E-state index contributed by atoms with van der Waals surface area (Å²) in [4.78, 5) is 0. The summed E-state index contributed by atoms with van der Waals surface area (Å²) in [6, 6.07) is 7.13. The van der Waals surface area contributed by atoms with Gasteiger partial charge in [0.05, 0.1) is 0 Å². The molecule has 0 aromatic carbocycles. The van der Waals surface area contributed by atoms with E-state index in [0.29, 0.717) is 0 Å². The Hall–Kier alpha value is 0.454. The summed E-state index contributed by atoms with van der Waals surface area (Å²) in [5.74, 6) is 0. The standard InChI is InChI=1S/C36H78O3PSi2/c1-7-13-19-25-31-41(32-26-20-14-8-2,33-27-21-15-9-3)38-40(37)39-42(34-28-22-16-10-4,35-29-23-17-11-5)36-30-24-18-12-6/h7-36H2,1-6H3/q+1. The van der Waals surface area contributed by atoms with Crippen LogP contribution in [-0.2, 0) is 13.0 Å². The van der Waals surface area contributed by atoms with Gasteiger partial charge in [-0.1, -0.05) is 196 Å². The smallest absolute Gasteiger partial charge is 0.176 e. The summed E-state index contributed by atoms with van der Waals surface area (Å²) in [6.45, 7) is 13.8. The molecule has 0 heterocycles. The van der Waals surface area contributed by atoms with Crippen molar-refractivity contribution in [2.45, 2.75) is 232 Å². The molecule has 0 aliphatic carbocycles. The van der Waals surface area contributed by atoms with Crippen molar-refractivity contribution in [1.29, 1.82) is 0 Å². The predicted octanol–water partition coefficient (Wildman–Crippen LogP) is 15.0. The molecule has 0 aromatic rings. The highest BCUT2D eigenvalue weighted by Gasteiger charge is 2.49. The lowest BCUT2D eigenvalue weighted by Gasteiger charge is -2.28. The Morgan fingerprint density at radius 1 is 0.333 bits per heavy atom. The Labute approximate surface area is 269 Å². The zero-order chi connectivity index (χ0) is 31.2. The zero-order valence-corrected chi connectivity index (χ0v) is 32.8. The quantitative estimate of drug-likeness (QED) is 0.0397. The second-order valence-corrected chi connectivity index (χ2v) is 23.3. The second kappa shape index (κ2) is 30.1.